The summed E-state index contributed by atoms with van der Waals surface area (Å²) in [6.45, 7) is 1.66. The van der Waals surface area contributed by atoms with Crippen LogP contribution in [-0.4, -0.2) is 23.1 Å². The molecule has 0 spiro atoms. The van der Waals surface area contributed by atoms with Gasteiger partial charge in [0.05, 0.1) is 6.20 Å². The number of rotatable bonds is 3. The molecular weight excluding hydrogens is 224 g/mol. The molecule has 1 aromatic carbocycles. The van der Waals surface area contributed by atoms with Crippen molar-refractivity contribution < 1.29 is 0 Å². The lowest BCUT2D eigenvalue weighted by atomic mass is 9.98. The Kier molecular flexibility index (Phi) is 2.94. The molecule has 0 fully saturated rings. The average Bonchev–Trinajstić information content (AvgIpc) is 2.80. The fourth-order valence-electron chi connectivity index (χ4n) is 2.59. The van der Waals surface area contributed by atoms with E-state index in [-0.39, 0.29) is 0 Å². The van der Waals surface area contributed by atoms with E-state index < -0.39 is 0 Å². The molecule has 4 heteroatoms. The number of anilines is 2. The highest BCUT2D eigenvalue weighted by molar-refractivity contribution is 5.68. The fourth-order valence-corrected chi connectivity index (χ4v) is 2.59. The maximum Gasteiger partial charge on any atom is 0.151 e. The van der Waals surface area contributed by atoms with Gasteiger partial charge in [0, 0.05) is 30.5 Å². The molecule has 0 bridgehead atoms. The molecule has 0 radical (unpaired) electrons. The van der Waals surface area contributed by atoms with Crippen LogP contribution in [0, 0.1) is 0 Å². The van der Waals surface area contributed by atoms with Gasteiger partial charge in [-0.05, 0) is 24.6 Å². The Labute approximate surface area is 106 Å². The van der Waals surface area contributed by atoms with Crippen molar-refractivity contribution in [2.45, 2.75) is 12.3 Å². The summed E-state index contributed by atoms with van der Waals surface area (Å²) in [5, 5.41) is 0. The number of benzene rings is 1. The SMILES string of the molecule is NCCC1CN(c2cnccn2)c2ccccc21. The van der Waals surface area contributed by atoms with Crippen molar-refractivity contribution in [3.05, 3.63) is 48.4 Å². The molecule has 2 heterocycles. The first kappa shape index (κ1) is 11.2. The lowest BCUT2D eigenvalue weighted by Gasteiger charge is -2.18. The van der Waals surface area contributed by atoms with Crippen LogP contribution < -0.4 is 10.6 Å². The molecule has 0 aliphatic carbocycles. The summed E-state index contributed by atoms with van der Waals surface area (Å²) in [6.07, 6.45) is 6.24. The zero-order valence-electron chi connectivity index (χ0n) is 10.2. The maximum absolute atomic E-state index is 5.70. The highest BCUT2D eigenvalue weighted by Gasteiger charge is 2.29. The Morgan fingerprint density at radius 3 is 2.94 bits per heavy atom. The van der Waals surface area contributed by atoms with Crippen molar-refractivity contribution in [2.75, 3.05) is 18.0 Å². The second-order valence-corrected chi connectivity index (χ2v) is 4.51. The summed E-state index contributed by atoms with van der Waals surface area (Å²) < 4.78 is 0. The van der Waals surface area contributed by atoms with Crippen LogP contribution in [0.2, 0.25) is 0 Å². The predicted molar refractivity (Wildman–Crippen MR) is 71.9 cm³/mol. The summed E-state index contributed by atoms with van der Waals surface area (Å²) in [4.78, 5) is 10.8. The lowest BCUT2D eigenvalue weighted by Crippen LogP contribution is -2.18. The summed E-state index contributed by atoms with van der Waals surface area (Å²) >= 11 is 0. The van der Waals surface area contributed by atoms with Gasteiger partial charge in [0.2, 0.25) is 0 Å². The minimum absolute atomic E-state index is 0.494. The first-order valence-corrected chi connectivity index (χ1v) is 6.22. The normalized spacial score (nSPS) is 17.8. The highest BCUT2D eigenvalue weighted by Crippen LogP contribution is 2.40. The van der Waals surface area contributed by atoms with Crippen molar-refractivity contribution >= 4 is 11.5 Å². The topological polar surface area (TPSA) is 55.0 Å². The van der Waals surface area contributed by atoms with E-state index in [1.807, 2.05) is 6.20 Å². The second kappa shape index (κ2) is 4.74. The third-order valence-electron chi connectivity index (χ3n) is 3.41. The molecule has 1 aliphatic rings. The van der Waals surface area contributed by atoms with Gasteiger partial charge in [-0.15, -0.1) is 0 Å². The standard InChI is InChI=1S/C14H16N4/c15-6-5-11-10-18(14-9-16-7-8-17-14)13-4-2-1-3-12(11)13/h1-4,7-9,11H,5-6,10,15H2. The number of nitrogens with two attached hydrogens (primary N) is 1. The highest BCUT2D eigenvalue weighted by atomic mass is 15.2. The Hall–Kier alpha value is -1.94. The molecule has 2 aromatic rings. The molecule has 3 rings (SSSR count). The predicted octanol–water partition coefficient (Wildman–Crippen LogP) is 2.06. The molecule has 0 saturated heterocycles. The number of hydrogen-bond acceptors (Lipinski definition) is 4. The van der Waals surface area contributed by atoms with E-state index in [1.165, 1.54) is 11.3 Å². The molecule has 0 amide bonds. The zero-order chi connectivity index (χ0) is 12.4. The number of nitrogens with zero attached hydrogens (tertiary/aromatic N) is 3. The van der Waals surface area contributed by atoms with Gasteiger partial charge >= 0.3 is 0 Å². The molecule has 1 aromatic heterocycles. The van der Waals surface area contributed by atoms with E-state index in [9.17, 15) is 0 Å². The van der Waals surface area contributed by atoms with Gasteiger partial charge in [-0.2, -0.15) is 0 Å². The molecule has 18 heavy (non-hydrogen) atoms. The van der Waals surface area contributed by atoms with Crippen LogP contribution in [-0.2, 0) is 0 Å². The van der Waals surface area contributed by atoms with E-state index in [2.05, 4.69) is 39.1 Å². The van der Waals surface area contributed by atoms with Crippen LogP contribution in [0.3, 0.4) is 0 Å². The smallest absolute Gasteiger partial charge is 0.151 e. The van der Waals surface area contributed by atoms with Crippen LogP contribution >= 0.6 is 0 Å². The van der Waals surface area contributed by atoms with Crippen LogP contribution in [0.4, 0.5) is 11.5 Å². The van der Waals surface area contributed by atoms with Crippen LogP contribution in [0.5, 0.6) is 0 Å². The lowest BCUT2D eigenvalue weighted by molar-refractivity contribution is 0.667. The van der Waals surface area contributed by atoms with Crippen LogP contribution in [0.15, 0.2) is 42.9 Å². The summed E-state index contributed by atoms with van der Waals surface area (Å²) in [6, 6.07) is 8.47. The minimum atomic E-state index is 0.494. The summed E-state index contributed by atoms with van der Waals surface area (Å²) in [7, 11) is 0. The van der Waals surface area contributed by atoms with E-state index >= 15 is 0 Å². The molecule has 1 atom stereocenters. The molecule has 2 N–H and O–H groups in total. The number of aromatic nitrogens is 2. The second-order valence-electron chi connectivity index (χ2n) is 4.51. The molecule has 1 aliphatic heterocycles. The summed E-state index contributed by atoms with van der Waals surface area (Å²) in [5.74, 6) is 1.40. The van der Waals surface area contributed by atoms with Crippen molar-refractivity contribution in [2.24, 2.45) is 5.73 Å². The molecule has 92 valence electrons. The van der Waals surface area contributed by atoms with Crippen LogP contribution in [0.1, 0.15) is 17.9 Å². The van der Waals surface area contributed by atoms with Gasteiger partial charge in [-0.25, -0.2) is 4.98 Å². The Balaban J connectivity index is 1.99. The van der Waals surface area contributed by atoms with Gasteiger partial charge in [-0.3, -0.25) is 4.98 Å². The Bertz CT molecular complexity index is 526. The van der Waals surface area contributed by atoms with Crippen molar-refractivity contribution in [3.8, 4) is 0 Å². The maximum atomic E-state index is 5.70. The van der Waals surface area contributed by atoms with E-state index in [4.69, 9.17) is 5.73 Å². The quantitative estimate of drug-likeness (QED) is 0.892. The van der Waals surface area contributed by atoms with Crippen molar-refractivity contribution in [1.82, 2.24) is 9.97 Å². The summed E-state index contributed by atoms with van der Waals surface area (Å²) in [5.41, 5.74) is 8.31. The van der Waals surface area contributed by atoms with Gasteiger partial charge in [0.25, 0.3) is 0 Å². The van der Waals surface area contributed by atoms with Crippen molar-refractivity contribution in [3.63, 3.8) is 0 Å². The monoisotopic (exact) mass is 240 g/mol. The van der Waals surface area contributed by atoms with Gasteiger partial charge in [0.15, 0.2) is 5.82 Å². The first-order chi connectivity index (χ1) is 8.90. The van der Waals surface area contributed by atoms with E-state index in [0.717, 1.165) is 18.8 Å². The van der Waals surface area contributed by atoms with Gasteiger partial charge in [0.1, 0.15) is 0 Å². The number of fused-ring (bicyclic) bond motifs is 1. The third kappa shape index (κ3) is 1.84. The number of hydrogen-bond donors (Lipinski definition) is 1. The van der Waals surface area contributed by atoms with Crippen molar-refractivity contribution in [1.29, 1.82) is 0 Å². The zero-order valence-corrected chi connectivity index (χ0v) is 10.2. The largest absolute Gasteiger partial charge is 0.330 e. The molecule has 0 saturated carbocycles. The third-order valence-corrected chi connectivity index (χ3v) is 3.41. The van der Waals surface area contributed by atoms with Gasteiger partial charge < -0.3 is 10.6 Å². The van der Waals surface area contributed by atoms with E-state index in [0.29, 0.717) is 12.5 Å². The fraction of sp³-hybridized carbons (Fsp3) is 0.286. The van der Waals surface area contributed by atoms with Gasteiger partial charge in [-0.1, -0.05) is 18.2 Å². The average molecular weight is 240 g/mol. The molecule has 1 unspecified atom stereocenters. The van der Waals surface area contributed by atoms with E-state index in [1.54, 1.807) is 12.4 Å². The minimum Gasteiger partial charge on any atom is -0.330 e. The number of para-hydroxylation sites is 1. The Morgan fingerprint density at radius 1 is 1.28 bits per heavy atom. The molecular formula is C14H16N4. The first-order valence-electron chi connectivity index (χ1n) is 6.22. The Morgan fingerprint density at radius 2 is 2.17 bits per heavy atom. The van der Waals surface area contributed by atoms with Crippen LogP contribution in [0.25, 0.3) is 0 Å². The molecule has 4 nitrogen and oxygen atoms in total.